The molecular formula is C17H25ClN2O3. The first-order valence-electron chi connectivity index (χ1n) is 8.05. The minimum atomic E-state index is -0.479. The third-order valence-electron chi connectivity index (χ3n) is 4.06. The van der Waals surface area contributed by atoms with Crippen molar-refractivity contribution < 1.29 is 14.6 Å². The monoisotopic (exact) mass is 340 g/mol. The highest BCUT2D eigenvalue weighted by Crippen LogP contribution is 2.18. The second-order valence-electron chi connectivity index (χ2n) is 5.87. The van der Waals surface area contributed by atoms with Gasteiger partial charge < -0.3 is 14.7 Å². The Hall–Kier alpha value is -1.14. The molecule has 0 aromatic heterocycles. The molecule has 0 aliphatic carbocycles. The van der Waals surface area contributed by atoms with Crippen LogP contribution in [0.25, 0.3) is 0 Å². The Morgan fingerprint density at radius 2 is 2.04 bits per heavy atom. The van der Waals surface area contributed by atoms with Gasteiger partial charge in [0.2, 0.25) is 0 Å². The van der Waals surface area contributed by atoms with Crippen molar-refractivity contribution in [2.75, 3.05) is 45.9 Å². The van der Waals surface area contributed by atoms with Crippen LogP contribution in [0.5, 0.6) is 0 Å². The maximum Gasteiger partial charge on any atom is 0.253 e. The van der Waals surface area contributed by atoms with Crippen molar-refractivity contribution in [3.63, 3.8) is 0 Å². The van der Waals surface area contributed by atoms with Crippen LogP contribution in [-0.4, -0.2) is 72.9 Å². The highest BCUT2D eigenvalue weighted by molar-refractivity contribution is 6.31. The normalized spacial score (nSPS) is 17.3. The van der Waals surface area contributed by atoms with E-state index in [1.165, 1.54) is 0 Å². The number of carbonyl (C=O) groups is 1. The summed E-state index contributed by atoms with van der Waals surface area (Å²) in [6.45, 7) is 8.21. The van der Waals surface area contributed by atoms with Gasteiger partial charge in [-0.05, 0) is 31.5 Å². The number of β-amino-alcohol motifs (C(OH)–C–C–N with tert-alkyl or cyclic N) is 1. The number of nitrogens with zero attached hydrogens (tertiary/aromatic N) is 2. The van der Waals surface area contributed by atoms with Crippen LogP contribution in [0.2, 0.25) is 5.02 Å². The molecule has 0 spiro atoms. The molecule has 1 N–H and O–H groups in total. The minimum Gasteiger partial charge on any atom is -0.389 e. The Morgan fingerprint density at radius 1 is 1.35 bits per heavy atom. The standard InChI is InChI=1S/C17H25ClN2O3/c1-3-23-12-15(21)11-19-6-8-20(9-7-19)17(22)14-5-4-13(2)16(18)10-14/h4-5,10,15,21H,3,6-9,11-12H2,1-2H3/t15-/m1/s1. The fourth-order valence-electron chi connectivity index (χ4n) is 2.65. The van der Waals surface area contributed by atoms with Crippen LogP contribution in [0.4, 0.5) is 0 Å². The van der Waals surface area contributed by atoms with Gasteiger partial charge in [0.15, 0.2) is 0 Å². The predicted molar refractivity (Wildman–Crippen MR) is 91.0 cm³/mol. The van der Waals surface area contributed by atoms with E-state index in [0.717, 1.165) is 18.7 Å². The molecule has 1 saturated heterocycles. The highest BCUT2D eigenvalue weighted by atomic mass is 35.5. The van der Waals surface area contributed by atoms with Crippen molar-refractivity contribution in [3.05, 3.63) is 34.3 Å². The zero-order valence-electron chi connectivity index (χ0n) is 13.8. The van der Waals surface area contributed by atoms with Crippen molar-refractivity contribution in [1.29, 1.82) is 0 Å². The summed E-state index contributed by atoms with van der Waals surface area (Å²) in [6.07, 6.45) is -0.479. The van der Waals surface area contributed by atoms with Gasteiger partial charge in [0.1, 0.15) is 0 Å². The van der Waals surface area contributed by atoms with E-state index in [-0.39, 0.29) is 5.91 Å². The summed E-state index contributed by atoms with van der Waals surface area (Å²) in [4.78, 5) is 16.5. The first kappa shape index (κ1) is 18.2. The van der Waals surface area contributed by atoms with Gasteiger partial charge in [-0.15, -0.1) is 0 Å². The summed E-state index contributed by atoms with van der Waals surface area (Å²) in [7, 11) is 0. The fraction of sp³-hybridized carbons (Fsp3) is 0.588. The maximum atomic E-state index is 12.5. The zero-order chi connectivity index (χ0) is 16.8. The van der Waals surface area contributed by atoms with Crippen LogP contribution >= 0.6 is 11.6 Å². The second kappa shape index (κ2) is 8.64. The molecule has 1 amide bonds. The SMILES string of the molecule is CCOC[C@H](O)CN1CCN(C(=O)c2ccc(C)c(Cl)c2)CC1. The highest BCUT2D eigenvalue weighted by Gasteiger charge is 2.23. The van der Waals surface area contributed by atoms with Crippen molar-refractivity contribution in [1.82, 2.24) is 9.80 Å². The number of carbonyl (C=O) groups excluding carboxylic acids is 1. The lowest BCUT2D eigenvalue weighted by Gasteiger charge is -2.35. The summed E-state index contributed by atoms with van der Waals surface area (Å²) in [5.74, 6) is 0.0152. The molecule has 1 heterocycles. The van der Waals surface area contributed by atoms with E-state index in [2.05, 4.69) is 4.90 Å². The lowest BCUT2D eigenvalue weighted by Crippen LogP contribution is -2.50. The molecule has 1 atom stereocenters. The van der Waals surface area contributed by atoms with Gasteiger partial charge >= 0.3 is 0 Å². The largest absolute Gasteiger partial charge is 0.389 e. The quantitative estimate of drug-likeness (QED) is 0.858. The first-order chi connectivity index (χ1) is 11.0. The second-order valence-corrected chi connectivity index (χ2v) is 6.28. The molecule has 1 aromatic carbocycles. The molecule has 0 saturated carbocycles. The average molecular weight is 341 g/mol. The summed E-state index contributed by atoms with van der Waals surface area (Å²) in [5.41, 5.74) is 1.60. The van der Waals surface area contributed by atoms with E-state index in [1.54, 1.807) is 6.07 Å². The number of hydrogen-bond donors (Lipinski definition) is 1. The van der Waals surface area contributed by atoms with E-state index in [1.807, 2.05) is 30.9 Å². The van der Waals surface area contributed by atoms with Crippen LogP contribution in [0.3, 0.4) is 0 Å². The van der Waals surface area contributed by atoms with E-state index >= 15 is 0 Å². The fourth-order valence-corrected chi connectivity index (χ4v) is 2.83. The van der Waals surface area contributed by atoms with Crippen LogP contribution in [0.1, 0.15) is 22.8 Å². The number of amides is 1. The number of hydrogen-bond acceptors (Lipinski definition) is 4. The summed E-state index contributed by atoms with van der Waals surface area (Å²) >= 11 is 6.10. The molecule has 5 nitrogen and oxygen atoms in total. The van der Waals surface area contributed by atoms with Crippen LogP contribution in [0, 0.1) is 6.92 Å². The molecular weight excluding hydrogens is 316 g/mol. The van der Waals surface area contributed by atoms with E-state index in [0.29, 0.717) is 43.4 Å². The zero-order valence-corrected chi connectivity index (χ0v) is 14.6. The molecule has 2 rings (SSSR count). The van der Waals surface area contributed by atoms with E-state index < -0.39 is 6.10 Å². The molecule has 1 aliphatic rings. The number of benzene rings is 1. The van der Waals surface area contributed by atoms with Crippen molar-refractivity contribution in [2.45, 2.75) is 20.0 Å². The molecule has 1 aromatic rings. The number of piperazine rings is 1. The summed E-state index contributed by atoms with van der Waals surface area (Å²) in [6, 6.07) is 5.43. The molecule has 23 heavy (non-hydrogen) atoms. The third-order valence-corrected chi connectivity index (χ3v) is 4.47. The van der Waals surface area contributed by atoms with Gasteiger partial charge in [-0.2, -0.15) is 0 Å². The molecule has 0 unspecified atom stereocenters. The Labute approximate surface area is 142 Å². The minimum absolute atomic E-state index is 0.0152. The molecule has 1 fully saturated rings. The van der Waals surface area contributed by atoms with Crippen LogP contribution < -0.4 is 0 Å². The smallest absolute Gasteiger partial charge is 0.253 e. The van der Waals surface area contributed by atoms with E-state index in [9.17, 15) is 9.90 Å². The lowest BCUT2D eigenvalue weighted by atomic mass is 10.1. The van der Waals surface area contributed by atoms with Gasteiger partial charge in [0, 0.05) is 49.9 Å². The van der Waals surface area contributed by atoms with Crippen molar-refractivity contribution in [3.8, 4) is 0 Å². The lowest BCUT2D eigenvalue weighted by molar-refractivity contribution is 0.0111. The molecule has 6 heteroatoms. The summed E-state index contributed by atoms with van der Waals surface area (Å²) < 4.78 is 5.22. The van der Waals surface area contributed by atoms with Gasteiger partial charge in [0.05, 0.1) is 12.7 Å². The first-order valence-corrected chi connectivity index (χ1v) is 8.42. The third kappa shape index (κ3) is 5.18. The Kier molecular flexibility index (Phi) is 6.84. The van der Waals surface area contributed by atoms with Crippen molar-refractivity contribution >= 4 is 17.5 Å². The van der Waals surface area contributed by atoms with Crippen molar-refractivity contribution in [2.24, 2.45) is 0 Å². The van der Waals surface area contributed by atoms with Crippen LogP contribution in [-0.2, 0) is 4.74 Å². The van der Waals surface area contributed by atoms with Gasteiger partial charge in [-0.25, -0.2) is 0 Å². The van der Waals surface area contributed by atoms with Gasteiger partial charge in [0.25, 0.3) is 5.91 Å². The Bertz CT molecular complexity index is 531. The topological polar surface area (TPSA) is 53.0 Å². The molecule has 1 aliphatic heterocycles. The number of aliphatic hydroxyl groups excluding tert-OH is 1. The number of aliphatic hydroxyl groups is 1. The average Bonchev–Trinajstić information content (AvgIpc) is 2.55. The summed E-state index contributed by atoms with van der Waals surface area (Å²) in [5, 5.41) is 10.5. The molecule has 0 radical (unpaired) electrons. The van der Waals surface area contributed by atoms with Gasteiger partial charge in [-0.3, -0.25) is 9.69 Å². The number of halogens is 1. The number of aryl methyl sites for hydroxylation is 1. The molecule has 0 bridgehead atoms. The maximum absolute atomic E-state index is 12.5. The van der Waals surface area contributed by atoms with E-state index in [4.69, 9.17) is 16.3 Å². The number of ether oxygens (including phenoxy) is 1. The van der Waals surface area contributed by atoms with Gasteiger partial charge in [-0.1, -0.05) is 17.7 Å². The molecule has 128 valence electrons. The predicted octanol–water partition coefficient (Wildman–Crippen LogP) is 1.80. The van der Waals surface area contributed by atoms with Crippen LogP contribution in [0.15, 0.2) is 18.2 Å². The Morgan fingerprint density at radius 3 is 2.65 bits per heavy atom. The Balaban J connectivity index is 1.83. The number of rotatable bonds is 6.